The molecule has 0 amide bonds. The molecule has 0 spiro atoms. The van der Waals surface area contributed by atoms with Gasteiger partial charge in [-0.15, -0.1) is 0 Å². The van der Waals surface area contributed by atoms with Gasteiger partial charge in [-0.1, -0.05) is 20.8 Å². The molecule has 114 valence electrons. The number of aldehydes is 1. The molecule has 0 aromatic heterocycles. The first-order valence-electron chi connectivity index (χ1n) is 7.75. The third kappa shape index (κ3) is 2.64. The van der Waals surface area contributed by atoms with Crippen LogP contribution >= 0.6 is 0 Å². The van der Waals surface area contributed by atoms with Gasteiger partial charge in [-0.25, -0.2) is 0 Å². The van der Waals surface area contributed by atoms with Crippen molar-refractivity contribution in [3.8, 4) is 0 Å². The Morgan fingerprint density at radius 1 is 1.40 bits per heavy atom. The number of carbonyl (C=O) groups excluding carboxylic acids is 2. The standard InChI is InChI=1S/C16H28O3Si/c1-15(2,3)20(4,5)19-14-10-12-6-7-16(14,8-9-17)11-13(12)18/h9,12,14H,6-8,10-11H2,1-5H3. The Kier molecular flexibility index (Phi) is 4.02. The van der Waals surface area contributed by atoms with Gasteiger partial charge in [0.05, 0.1) is 6.10 Å². The van der Waals surface area contributed by atoms with E-state index in [4.69, 9.17) is 4.43 Å². The molecule has 0 N–H and O–H groups in total. The quantitative estimate of drug-likeness (QED) is 0.586. The number of Topliss-reactive ketones (excluding diaryl/α,β-unsaturated/α-hetero) is 1. The second kappa shape index (κ2) is 5.06. The first-order valence-corrected chi connectivity index (χ1v) is 10.7. The molecule has 3 aliphatic rings. The van der Waals surface area contributed by atoms with Gasteiger partial charge >= 0.3 is 0 Å². The molecule has 3 unspecified atom stereocenters. The maximum absolute atomic E-state index is 12.1. The number of rotatable bonds is 4. The molecule has 20 heavy (non-hydrogen) atoms. The second-order valence-corrected chi connectivity index (χ2v) is 13.0. The third-order valence-corrected chi connectivity index (χ3v) is 10.4. The van der Waals surface area contributed by atoms with Crippen LogP contribution in [0.3, 0.4) is 0 Å². The van der Waals surface area contributed by atoms with E-state index in [1.165, 1.54) is 0 Å². The maximum Gasteiger partial charge on any atom is 0.192 e. The second-order valence-electron chi connectivity index (χ2n) is 8.21. The predicted molar refractivity (Wildman–Crippen MR) is 82.1 cm³/mol. The smallest absolute Gasteiger partial charge is 0.192 e. The van der Waals surface area contributed by atoms with E-state index in [1.54, 1.807) is 0 Å². The Morgan fingerprint density at radius 2 is 2.05 bits per heavy atom. The van der Waals surface area contributed by atoms with Crippen molar-refractivity contribution in [2.75, 3.05) is 0 Å². The van der Waals surface area contributed by atoms with Crippen LogP contribution in [0.5, 0.6) is 0 Å². The van der Waals surface area contributed by atoms with Crippen molar-refractivity contribution in [1.29, 1.82) is 0 Å². The Morgan fingerprint density at radius 3 is 2.55 bits per heavy atom. The summed E-state index contributed by atoms with van der Waals surface area (Å²) in [6, 6.07) is 0. The molecule has 2 bridgehead atoms. The SMILES string of the molecule is CC(C)(C)[Si](C)(C)OC1CC2CCC1(CC=O)CC2=O. The van der Waals surface area contributed by atoms with Crippen LogP contribution in [0.2, 0.25) is 18.1 Å². The van der Waals surface area contributed by atoms with E-state index in [2.05, 4.69) is 33.9 Å². The van der Waals surface area contributed by atoms with Gasteiger partial charge in [0.15, 0.2) is 8.32 Å². The Hall–Kier alpha value is -0.483. The minimum absolute atomic E-state index is 0.102. The van der Waals surface area contributed by atoms with E-state index in [0.29, 0.717) is 18.6 Å². The van der Waals surface area contributed by atoms with Crippen LogP contribution in [0.15, 0.2) is 0 Å². The lowest BCUT2D eigenvalue weighted by Gasteiger charge is -2.53. The highest BCUT2D eigenvalue weighted by Gasteiger charge is 2.54. The van der Waals surface area contributed by atoms with E-state index in [1.807, 2.05) is 0 Å². The fourth-order valence-electron chi connectivity index (χ4n) is 3.41. The van der Waals surface area contributed by atoms with Gasteiger partial charge in [0.1, 0.15) is 12.1 Å². The number of carbonyl (C=O) groups is 2. The zero-order valence-corrected chi connectivity index (χ0v) is 14.5. The number of hydrogen-bond donors (Lipinski definition) is 0. The summed E-state index contributed by atoms with van der Waals surface area (Å²) in [6.45, 7) is 11.2. The van der Waals surface area contributed by atoms with Crippen molar-refractivity contribution in [2.24, 2.45) is 11.3 Å². The molecular formula is C16H28O3Si. The average molecular weight is 296 g/mol. The van der Waals surface area contributed by atoms with Gasteiger partial charge < -0.3 is 9.22 Å². The van der Waals surface area contributed by atoms with Crippen molar-refractivity contribution in [1.82, 2.24) is 0 Å². The van der Waals surface area contributed by atoms with Gasteiger partial charge in [-0.2, -0.15) is 0 Å². The molecule has 0 radical (unpaired) electrons. The predicted octanol–water partition coefficient (Wildman–Crippen LogP) is 3.73. The van der Waals surface area contributed by atoms with Crippen molar-refractivity contribution in [3.05, 3.63) is 0 Å². The lowest BCUT2D eigenvalue weighted by Crippen LogP contribution is -2.56. The Bertz CT molecular complexity index is 410. The van der Waals surface area contributed by atoms with Gasteiger partial charge in [0.25, 0.3) is 0 Å². The normalized spacial score (nSPS) is 34.4. The molecule has 0 saturated heterocycles. The maximum atomic E-state index is 12.1. The first-order chi connectivity index (χ1) is 9.11. The van der Waals surface area contributed by atoms with Crippen LogP contribution in [0.1, 0.15) is 52.9 Å². The summed E-state index contributed by atoms with van der Waals surface area (Å²) in [5.41, 5.74) is -0.205. The van der Waals surface area contributed by atoms with Crippen LogP contribution in [-0.2, 0) is 14.0 Å². The van der Waals surface area contributed by atoms with Gasteiger partial charge in [-0.05, 0) is 37.4 Å². The van der Waals surface area contributed by atoms with Crippen LogP contribution in [-0.4, -0.2) is 26.5 Å². The number of ketones is 1. The highest BCUT2D eigenvalue weighted by molar-refractivity contribution is 6.74. The number of fused-ring (bicyclic) bond motifs is 3. The summed E-state index contributed by atoms with van der Waals surface area (Å²) in [5.74, 6) is 0.534. The fourth-order valence-corrected chi connectivity index (χ4v) is 4.82. The van der Waals surface area contributed by atoms with Gasteiger partial charge in [0, 0.05) is 24.2 Å². The molecule has 0 aliphatic heterocycles. The molecule has 3 aliphatic carbocycles. The molecule has 3 saturated carbocycles. The first kappa shape index (κ1) is 15.9. The van der Waals surface area contributed by atoms with Crippen LogP contribution in [0, 0.1) is 11.3 Å². The van der Waals surface area contributed by atoms with E-state index >= 15 is 0 Å². The monoisotopic (exact) mass is 296 g/mol. The molecule has 0 aromatic rings. The van der Waals surface area contributed by atoms with E-state index in [0.717, 1.165) is 25.5 Å². The van der Waals surface area contributed by atoms with Crippen LogP contribution < -0.4 is 0 Å². The minimum Gasteiger partial charge on any atom is -0.413 e. The molecular weight excluding hydrogens is 268 g/mol. The molecule has 3 atom stereocenters. The van der Waals surface area contributed by atoms with Crippen molar-refractivity contribution >= 4 is 20.4 Å². The van der Waals surface area contributed by atoms with Crippen molar-refractivity contribution in [3.63, 3.8) is 0 Å². The van der Waals surface area contributed by atoms with Gasteiger partial charge in [0.2, 0.25) is 0 Å². The highest BCUT2D eigenvalue weighted by Crippen LogP contribution is 2.53. The molecule has 3 fully saturated rings. The fraction of sp³-hybridized carbons (Fsp3) is 0.875. The van der Waals surface area contributed by atoms with Crippen molar-refractivity contribution in [2.45, 2.75) is 77.1 Å². The topological polar surface area (TPSA) is 43.4 Å². The lowest BCUT2D eigenvalue weighted by molar-refractivity contribution is -0.146. The largest absolute Gasteiger partial charge is 0.413 e. The Balaban J connectivity index is 2.23. The minimum atomic E-state index is -1.86. The summed E-state index contributed by atoms with van der Waals surface area (Å²) in [4.78, 5) is 23.2. The summed E-state index contributed by atoms with van der Waals surface area (Å²) >= 11 is 0. The molecule has 0 heterocycles. The highest BCUT2D eigenvalue weighted by atomic mass is 28.4. The van der Waals surface area contributed by atoms with Crippen LogP contribution in [0.4, 0.5) is 0 Å². The summed E-state index contributed by atoms with van der Waals surface area (Å²) in [5, 5.41) is 0.163. The van der Waals surface area contributed by atoms with Gasteiger partial charge in [-0.3, -0.25) is 4.79 Å². The zero-order valence-electron chi connectivity index (χ0n) is 13.5. The molecule has 0 aromatic carbocycles. The van der Waals surface area contributed by atoms with Crippen LogP contribution in [0.25, 0.3) is 0 Å². The zero-order chi connectivity index (χ0) is 15.2. The lowest BCUT2D eigenvalue weighted by atomic mass is 9.57. The van der Waals surface area contributed by atoms with E-state index in [-0.39, 0.29) is 22.5 Å². The number of hydrogen-bond acceptors (Lipinski definition) is 3. The molecule has 3 nitrogen and oxygen atoms in total. The molecule has 4 heteroatoms. The van der Waals surface area contributed by atoms with E-state index in [9.17, 15) is 9.59 Å². The summed E-state index contributed by atoms with van der Waals surface area (Å²) in [7, 11) is -1.86. The third-order valence-electron chi connectivity index (χ3n) is 5.89. The average Bonchev–Trinajstić information content (AvgIpc) is 2.29. The van der Waals surface area contributed by atoms with E-state index < -0.39 is 8.32 Å². The summed E-state index contributed by atoms with van der Waals surface area (Å²) in [6.07, 6.45) is 4.87. The molecule has 3 rings (SSSR count). The Labute approximate surface area is 123 Å². The van der Waals surface area contributed by atoms with Crippen molar-refractivity contribution < 1.29 is 14.0 Å². The summed E-state index contributed by atoms with van der Waals surface area (Å²) < 4.78 is 6.61.